The van der Waals surface area contributed by atoms with Crippen molar-refractivity contribution >= 4 is 0 Å². The van der Waals surface area contributed by atoms with Crippen LogP contribution in [0.25, 0.3) is 0 Å². The van der Waals surface area contributed by atoms with Crippen LogP contribution in [0.5, 0.6) is 0 Å². The SMILES string of the molecule is COCCCN1CC(C)(O)CNCC1C. The maximum Gasteiger partial charge on any atom is 0.0869 e. The first kappa shape index (κ1) is 12.9. The van der Waals surface area contributed by atoms with Gasteiger partial charge in [0.1, 0.15) is 0 Å². The van der Waals surface area contributed by atoms with Gasteiger partial charge in [-0.1, -0.05) is 0 Å². The van der Waals surface area contributed by atoms with Crippen molar-refractivity contribution in [1.29, 1.82) is 0 Å². The van der Waals surface area contributed by atoms with Gasteiger partial charge in [-0.05, 0) is 20.3 Å². The minimum atomic E-state index is -0.613. The third-order valence-corrected chi connectivity index (χ3v) is 2.91. The summed E-state index contributed by atoms with van der Waals surface area (Å²) in [5, 5.41) is 13.3. The predicted molar refractivity (Wildman–Crippen MR) is 61.0 cm³/mol. The maximum absolute atomic E-state index is 10.1. The topological polar surface area (TPSA) is 44.7 Å². The van der Waals surface area contributed by atoms with Crippen molar-refractivity contribution in [3.63, 3.8) is 0 Å². The average Bonchev–Trinajstić information content (AvgIpc) is 2.27. The molecular formula is C11H24N2O2. The van der Waals surface area contributed by atoms with E-state index in [0.717, 1.165) is 32.7 Å². The Bertz CT molecular complexity index is 185. The molecule has 0 aromatic heterocycles. The second-order valence-electron chi connectivity index (χ2n) is 4.79. The third kappa shape index (κ3) is 4.47. The molecule has 4 nitrogen and oxygen atoms in total. The number of rotatable bonds is 4. The number of β-amino-alcohol motifs (C(OH)–C–C–N with tert-alkyl or cyclic N) is 1. The van der Waals surface area contributed by atoms with Gasteiger partial charge < -0.3 is 15.2 Å². The van der Waals surface area contributed by atoms with Crippen LogP contribution in [0.3, 0.4) is 0 Å². The minimum Gasteiger partial charge on any atom is -0.388 e. The number of nitrogens with zero attached hydrogens (tertiary/aromatic N) is 1. The molecule has 1 aliphatic rings. The quantitative estimate of drug-likeness (QED) is 0.653. The highest BCUT2D eigenvalue weighted by Gasteiger charge is 2.29. The van der Waals surface area contributed by atoms with E-state index < -0.39 is 5.60 Å². The maximum atomic E-state index is 10.1. The lowest BCUT2D eigenvalue weighted by Crippen LogP contribution is -2.45. The summed E-state index contributed by atoms with van der Waals surface area (Å²) in [5.41, 5.74) is -0.613. The fourth-order valence-electron chi connectivity index (χ4n) is 2.04. The number of hydrogen-bond donors (Lipinski definition) is 2. The molecule has 1 fully saturated rings. The Morgan fingerprint density at radius 2 is 2.33 bits per heavy atom. The van der Waals surface area contributed by atoms with Crippen molar-refractivity contribution in [2.75, 3.05) is 39.9 Å². The standard InChI is InChI=1S/C11H24N2O2/c1-10-7-12-8-11(2,14)9-13(10)5-4-6-15-3/h10,12,14H,4-9H2,1-3H3. The summed E-state index contributed by atoms with van der Waals surface area (Å²) in [5.74, 6) is 0. The van der Waals surface area contributed by atoms with Crippen molar-refractivity contribution in [3.8, 4) is 0 Å². The van der Waals surface area contributed by atoms with Crippen LogP contribution in [0.1, 0.15) is 20.3 Å². The Labute approximate surface area is 92.6 Å². The summed E-state index contributed by atoms with van der Waals surface area (Å²) < 4.78 is 5.05. The zero-order chi connectivity index (χ0) is 11.3. The highest BCUT2D eigenvalue weighted by Crippen LogP contribution is 2.12. The van der Waals surface area contributed by atoms with E-state index in [9.17, 15) is 5.11 Å². The smallest absolute Gasteiger partial charge is 0.0869 e. The zero-order valence-corrected chi connectivity index (χ0v) is 10.1. The Balaban J connectivity index is 2.43. The van der Waals surface area contributed by atoms with Gasteiger partial charge >= 0.3 is 0 Å². The number of nitrogens with one attached hydrogen (secondary N) is 1. The molecule has 15 heavy (non-hydrogen) atoms. The van der Waals surface area contributed by atoms with E-state index >= 15 is 0 Å². The molecule has 0 aliphatic carbocycles. The summed E-state index contributed by atoms with van der Waals surface area (Å²) in [6.07, 6.45) is 1.02. The first-order valence-corrected chi connectivity index (χ1v) is 5.71. The van der Waals surface area contributed by atoms with Crippen molar-refractivity contribution in [2.24, 2.45) is 0 Å². The van der Waals surface area contributed by atoms with Crippen molar-refractivity contribution in [1.82, 2.24) is 10.2 Å². The lowest BCUT2D eigenvalue weighted by Gasteiger charge is -2.31. The van der Waals surface area contributed by atoms with Gasteiger partial charge in [0.05, 0.1) is 5.60 Å². The van der Waals surface area contributed by atoms with E-state index in [1.165, 1.54) is 0 Å². The summed E-state index contributed by atoms with van der Waals surface area (Å²) in [6.45, 7) is 8.24. The fraction of sp³-hybridized carbons (Fsp3) is 1.00. The average molecular weight is 216 g/mol. The van der Waals surface area contributed by atoms with Gasteiger partial charge in [-0.15, -0.1) is 0 Å². The summed E-state index contributed by atoms with van der Waals surface area (Å²) in [4.78, 5) is 2.33. The highest BCUT2D eigenvalue weighted by atomic mass is 16.5. The summed E-state index contributed by atoms with van der Waals surface area (Å²) in [7, 11) is 1.73. The summed E-state index contributed by atoms with van der Waals surface area (Å²) >= 11 is 0. The van der Waals surface area contributed by atoms with Crippen LogP contribution in [0, 0.1) is 0 Å². The van der Waals surface area contributed by atoms with E-state index in [1.807, 2.05) is 6.92 Å². The first-order valence-electron chi connectivity index (χ1n) is 5.71. The fourth-order valence-corrected chi connectivity index (χ4v) is 2.04. The van der Waals surface area contributed by atoms with Crippen LogP contribution in [-0.4, -0.2) is 61.5 Å². The van der Waals surface area contributed by atoms with Gasteiger partial charge in [-0.2, -0.15) is 0 Å². The monoisotopic (exact) mass is 216 g/mol. The molecule has 1 heterocycles. The highest BCUT2D eigenvalue weighted by molar-refractivity contribution is 4.86. The number of methoxy groups -OCH3 is 1. The van der Waals surface area contributed by atoms with E-state index in [1.54, 1.807) is 7.11 Å². The lowest BCUT2D eigenvalue weighted by molar-refractivity contribution is 0.0239. The molecule has 4 heteroatoms. The Morgan fingerprint density at radius 1 is 1.60 bits per heavy atom. The number of ether oxygens (including phenoxy) is 1. The molecule has 1 aliphatic heterocycles. The van der Waals surface area contributed by atoms with Crippen LogP contribution in [0.15, 0.2) is 0 Å². The Kier molecular flexibility index (Phi) is 4.99. The van der Waals surface area contributed by atoms with Gasteiger partial charge in [0.25, 0.3) is 0 Å². The molecule has 1 saturated heterocycles. The van der Waals surface area contributed by atoms with Crippen LogP contribution in [0.4, 0.5) is 0 Å². The van der Waals surface area contributed by atoms with E-state index in [2.05, 4.69) is 17.1 Å². The molecule has 90 valence electrons. The van der Waals surface area contributed by atoms with Crippen LogP contribution in [-0.2, 0) is 4.74 Å². The Hall–Kier alpha value is -0.160. The van der Waals surface area contributed by atoms with Crippen molar-refractivity contribution in [3.05, 3.63) is 0 Å². The molecule has 0 aromatic carbocycles. The molecule has 0 spiro atoms. The normalized spacial score (nSPS) is 34.0. The Morgan fingerprint density at radius 3 is 3.00 bits per heavy atom. The van der Waals surface area contributed by atoms with Gasteiger partial charge in [-0.3, -0.25) is 4.90 Å². The largest absolute Gasteiger partial charge is 0.388 e. The summed E-state index contributed by atoms with van der Waals surface area (Å²) in [6, 6.07) is 0.482. The molecule has 2 N–H and O–H groups in total. The molecular weight excluding hydrogens is 192 g/mol. The lowest BCUT2D eigenvalue weighted by atomic mass is 10.1. The second kappa shape index (κ2) is 5.80. The predicted octanol–water partition coefficient (Wildman–Crippen LogP) is 0.0676. The molecule has 0 bridgehead atoms. The molecule has 0 aromatic rings. The molecule has 2 atom stereocenters. The zero-order valence-electron chi connectivity index (χ0n) is 10.1. The van der Waals surface area contributed by atoms with Gasteiger partial charge in [0, 0.05) is 45.9 Å². The van der Waals surface area contributed by atoms with Crippen molar-refractivity contribution in [2.45, 2.75) is 31.9 Å². The van der Waals surface area contributed by atoms with Gasteiger partial charge in [-0.25, -0.2) is 0 Å². The van der Waals surface area contributed by atoms with E-state index in [4.69, 9.17) is 4.74 Å². The van der Waals surface area contributed by atoms with Crippen LogP contribution >= 0.6 is 0 Å². The molecule has 1 rings (SSSR count). The first-order chi connectivity index (χ1) is 7.05. The molecule has 0 radical (unpaired) electrons. The molecule has 0 saturated carbocycles. The number of hydrogen-bond acceptors (Lipinski definition) is 4. The van der Waals surface area contributed by atoms with E-state index in [0.29, 0.717) is 12.6 Å². The molecule has 2 unspecified atom stereocenters. The molecule has 0 amide bonds. The minimum absolute atomic E-state index is 0.482. The second-order valence-corrected chi connectivity index (χ2v) is 4.79. The van der Waals surface area contributed by atoms with Gasteiger partial charge in [0.2, 0.25) is 0 Å². The third-order valence-electron chi connectivity index (χ3n) is 2.91. The van der Waals surface area contributed by atoms with Crippen LogP contribution < -0.4 is 5.32 Å². The van der Waals surface area contributed by atoms with Crippen LogP contribution in [0.2, 0.25) is 0 Å². The van der Waals surface area contributed by atoms with Gasteiger partial charge in [0.15, 0.2) is 0 Å². The van der Waals surface area contributed by atoms with Crippen molar-refractivity contribution < 1.29 is 9.84 Å². The number of aliphatic hydroxyl groups is 1. The van der Waals surface area contributed by atoms with E-state index in [-0.39, 0.29) is 0 Å².